The Morgan fingerprint density at radius 1 is 0.743 bits per heavy atom. The molecule has 0 fully saturated rings. The number of fused-ring (bicyclic) bond motifs is 3. The van der Waals surface area contributed by atoms with Crippen LogP contribution in [-0.2, 0) is 39.7 Å². The molecule has 0 saturated heterocycles. The van der Waals surface area contributed by atoms with Crippen LogP contribution in [0.1, 0.15) is 45.5 Å². The summed E-state index contributed by atoms with van der Waals surface area (Å²) in [5.74, 6) is -3.23. The van der Waals surface area contributed by atoms with Crippen molar-refractivity contribution in [3.63, 3.8) is 0 Å². The average molecular weight is 1040 g/mol. The Labute approximate surface area is 400 Å². The lowest BCUT2D eigenvalue weighted by Gasteiger charge is -2.12. The molecule has 0 unspecified atom stereocenters. The van der Waals surface area contributed by atoms with Crippen molar-refractivity contribution in [1.82, 2.24) is 9.38 Å². The average Bonchev–Trinajstić information content (AvgIpc) is 3.67. The third kappa shape index (κ3) is 13.0. The number of hydrogen-bond donors (Lipinski definition) is 6. The second kappa shape index (κ2) is 21.7. The number of nitrogens with zero attached hydrogens (tertiary/aromatic N) is 9. The van der Waals surface area contributed by atoms with Gasteiger partial charge in [-0.25, -0.2) is 15.0 Å². The van der Waals surface area contributed by atoms with Crippen LogP contribution in [0.3, 0.4) is 0 Å². The number of aromatic carboxylic acids is 1. The lowest BCUT2D eigenvalue weighted by Crippen LogP contribution is -2.08. The highest BCUT2D eigenvalue weighted by atomic mass is 32.2. The van der Waals surface area contributed by atoms with Crippen molar-refractivity contribution in [3.05, 3.63) is 88.5 Å². The molecule has 0 saturated carbocycles. The van der Waals surface area contributed by atoms with Gasteiger partial charge in [0.25, 0.3) is 30.4 Å². The van der Waals surface area contributed by atoms with E-state index in [0.29, 0.717) is 23.2 Å². The molecule has 70 heavy (non-hydrogen) atoms. The molecule has 368 valence electrons. The quantitative estimate of drug-likeness (QED) is 0.00977. The molecule has 26 nitrogen and oxygen atoms in total. The summed E-state index contributed by atoms with van der Waals surface area (Å²) < 4.78 is 115. The lowest BCUT2D eigenvalue weighted by atomic mass is 10.1. The molecule has 2 heterocycles. The first-order valence-corrected chi connectivity index (χ1v) is 25.2. The van der Waals surface area contributed by atoms with E-state index >= 15 is 0 Å². The number of rotatable bonds is 21. The number of aryl methyl sites for hydroxylation is 2. The first-order valence-electron chi connectivity index (χ1n) is 19.8. The van der Waals surface area contributed by atoms with Gasteiger partial charge < -0.3 is 19.7 Å². The predicted molar refractivity (Wildman–Crippen MR) is 246 cm³/mol. The van der Waals surface area contributed by atoms with Gasteiger partial charge in [0.2, 0.25) is 5.88 Å². The highest BCUT2D eigenvalue weighted by Crippen LogP contribution is 2.43. The van der Waals surface area contributed by atoms with E-state index in [2.05, 4.69) is 45.0 Å². The largest absolute Gasteiger partial charge is 0.493 e. The second-order valence-electron chi connectivity index (χ2n) is 14.7. The van der Waals surface area contributed by atoms with Gasteiger partial charge in [0.05, 0.1) is 69.6 Å². The summed E-state index contributed by atoms with van der Waals surface area (Å²) in [4.78, 5) is 16.1. The summed E-state index contributed by atoms with van der Waals surface area (Å²) in [5.41, 5.74) is 0.868. The minimum Gasteiger partial charge on any atom is -0.493 e. The molecule has 6 N–H and O–H groups in total. The Morgan fingerprint density at radius 3 is 1.80 bits per heavy atom. The second-order valence-corrected chi connectivity index (χ2v) is 20.0. The zero-order valence-electron chi connectivity index (χ0n) is 36.3. The molecule has 6 rings (SSSR count). The fraction of sp³-hybridized carbons (Fsp3) is 0.225. The number of hydrogen-bond acceptors (Lipinski definition) is 22. The Bertz CT molecular complexity index is 3520. The summed E-state index contributed by atoms with van der Waals surface area (Å²) in [6, 6.07) is 15.1. The number of ether oxygens (including phenoxy) is 2. The van der Waals surface area contributed by atoms with Gasteiger partial charge in [-0.15, -0.1) is 24.8 Å². The van der Waals surface area contributed by atoms with E-state index in [4.69, 9.17) is 14.7 Å². The van der Waals surface area contributed by atoms with Gasteiger partial charge in [-0.3, -0.25) is 18.1 Å². The molecule has 0 aliphatic heterocycles. The summed E-state index contributed by atoms with van der Waals surface area (Å²) in [6.07, 6.45) is -0.321. The van der Waals surface area contributed by atoms with Crippen LogP contribution in [0.2, 0.25) is 0 Å². The number of azo groups is 3. The normalized spacial score (nSPS) is 12.5. The van der Waals surface area contributed by atoms with Crippen molar-refractivity contribution in [2.75, 3.05) is 24.7 Å². The summed E-state index contributed by atoms with van der Waals surface area (Å²) >= 11 is 0.528. The van der Waals surface area contributed by atoms with E-state index in [1.807, 2.05) is 6.07 Å². The Hall–Kier alpha value is -7.05. The van der Waals surface area contributed by atoms with Crippen LogP contribution in [0.4, 0.5) is 34.1 Å². The molecule has 0 bridgehead atoms. The molecule has 0 aliphatic carbocycles. The molecule has 6 aromatic rings. The third-order valence-corrected chi connectivity index (χ3v) is 12.8. The molecule has 0 amide bonds. The third-order valence-electron chi connectivity index (χ3n) is 9.72. The molecule has 0 radical (unpaired) electrons. The smallest absolute Gasteiger partial charge is 0.338 e. The molecule has 0 atom stereocenters. The molecular formula is C40H37N9O17S4. The minimum absolute atomic E-state index is 0.00295. The predicted octanol–water partition coefficient (Wildman–Crippen LogP) is 8.92. The summed E-state index contributed by atoms with van der Waals surface area (Å²) in [6.45, 7) is 4.18. The number of imidazole rings is 1. The van der Waals surface area contributed by atoms with E-state index in [1.54, 1.807) is 13.8 Å². The van der Waals surface area contributed by atoms with Gasteiger partial charge in [0, 0.05) is 22.6 Å². The van der Waals surface area contributed by atoms with Crippen LogP contribution in [0.15, 0.2) is 101 Å². The highest BCUT2D eigenvalue weighted by Gasteiger charge is 2.23. The number of carbonyl (C=O) groups is 1. The van der Waals surface area contributed by atoms with Crippen LogP contribution >= 0.6 is 12.0 Å². The Kier molecular flexibility index (Phi) is 16.2. The van der Waals surface area contributed by atoms with Crippen LogP contribution < -0.4 is 9.47 Å². The zero-order chi connectivity index (χ0) is 51.1. The first-order chi connectivity index (χ1) is 33.0. The van der Waals surface area contributed by atoms with Crippen LogP contribution in [0.5, 0.6) is 17.4 Å². The Morgan fingerprint density at radius 2 is 1.29 bits per heavy atom. The summed E-state index contributed by atoms with van der Waals surface area (Å²) in [7, 11) is -13.3. The SMILES string of the molecule is Cc1cc(N=Nc2c(C)c(C#N)c3nc4cc(S(=O)(=O)O)ccc4n3c2O)c(OCCCS(=O)(=O)O)cc1N=Nc1cc(C)c(N=Nc2ccc(SOOO)cc2C(=O)O)cc1OCCCS(=O)(=O)O. The number of benzene rings is 4. The number of carboxylic acid groups (broad SMARTS) is 1. The molecule has 0 aliphatic rings. The van der Waals surface area contributed by atoms with Gasteiger partial charge in [-0.1, -0.05) is 5.04 Å². The number of aromatic hydroxyl groups is 1. The highest BCUT2D eigenvalue weighted by molar-refractivity contribution is 7.94. The minimum atomic E-state index is -4.62. The van der Waals surface area contributed by atoms with Crippen molar-refractivity contribution in [2.45, 2.75) is 43.4 Å². The fourth-order valence-corrected chi connectivity index (χ4v) is 8.25. The van der Waals surface area contributed by atoms with Gasteiger partial charge >= 0.3 is 5.97 Å². The number of nitriles is 1. The van der Waals surface area contributed by atoms with Crippen LogP contribution in [0, 0.1) is 32.1 Å². The van der Waals surface area contributed by atoms with Crippen molar-refractivity contribution in [2.24, 2.45) is 30.7 Å². The van der Waals surface area contributed by atoms with Crippen molar-refractivity contribution in [1.29, 1.82) is 5.26 Å². The number of carboxylic acids is 1. The topological polar surface area (TPSA) is 393 Å². The number of aromatic nitrogens is 2. The van der Waals surface area contributed by atoms with Crippen LogP contribution in [0.25, 0.3) is 16.7 Å². The van der Waals surface area contributed by atoms with E-state index < -0.39 is 58.6 Å². The van der Waals surface area contributed by atoms with Gasteiger partial charge in [-0.05, 0) is 93.3 Å². The van der Waals surface area contributed by atoms with Crippen molar-refractivity contribution in [3.8, 4) is 23.4 Å². The van der Waals surface area contributed by atoms with Crippen molar-refractivity contribution < 1.29 is 78.0 Å². The van der Waals surface area contributed by atoms with Crippen molar-refractivity contribution >= 4 is 99.2 Å². The van der Waals surface area contributed by atoms with E-state index in [0.717, 1.165) is 16.5 Å². The monoisotopic (exact) mass is 1040 g/mol. The maximum Gasteiger partial charge on any atom is 0.338 e. The molecule has 4 aromatic carbocycles. The Balaban J connectivity index is 1.39. The zero-order valence-corrected chi connectivity index (χ0v) is 39.6. The fourth-order valence-electron chi connectivity index (χ4n) is 6.39. The standard InChI is InChI=1S/C40H37N9O17S4/c1-21-14-32(35(63-10-4-12-68(54,55)56)18-29(21)44-43-28-8-6-24(67-66-65-53)16-26(28)40(51)52)46-45-30-19-36(64-11-5-13-69(57,58)59)33(15-22(30)2)47-48-37-23(3)27(20-41)38-42-31-17-25(70(60,61)62)7-9-34(31)49(38)39(37)50/h6-9,14-19,50,53H,4-5,10-13H2,1-3H3,(H,51,52)(H,54,55,56)(H,57,58,59)(H,60,61,62). The molecule has 30 heteroatoms. The maximum atomic E-state index is 12.0. The number of pyridine rings is 1. The van der Waals surface area contributed by atoms with E-state index in [9.17, 15) is 59.2 Å². The van der Waals surface area contributed by atoms with Gasteiger partial charge in [-0.2, -0.15) is 40.7 Å². The molecule has 2 aromatic heterocycles. The van der Waals surface area contributed by atoms with E-state index in [-0.39, 0.29) is 110 Å². The van der Waals surface area contributed by atoms with Crippen LogP contribution in [-0.4, -0.2) is 94.5 Å². The first kappa shape index (κ1) is 52.3. The van der Waals surface area contributed by atoms with Gasteiger partial charge in [0.1, 0.15) is 40.2 Å². The maximum absolute atomic E-state index is 12.0. The van der Waals surface area contributed by atoms with Gasteiger partial charge in [0.15, 0.2) is 11.3 Å². The molecular weight excluding hydrogens is 1010 g/mol. The van der Waals surface area contributed by atoms with E-state index in [1.165, 1.54) is 55.5 Å². The summed E-state index contributed by atoms with van der Waals surface area (Å²) in [5, 5.41) is 69.0. The molecule has 0 spiro atoms. The lowest BCUT2D eigenvalue weighted by molar-refractivity contribution is -0.432.